The first kappa shape index (κ1) is 12.1. The van der Waals surface area contributed by atoms with Gasteiger partial charge in [0.15, 0.2) is 0 Å². The summed E-state index contributed by atoms with van der Waals surface area (Å²) in [7, 11) is 0. The molecule has 0 atom stereocenters. The van der Waals surface area contributed by atoms with E-state index in [1.165, 1.54) is 6.07 Å². The highest BCUT2D eigenvalue weighted by Gasteiger charge is 2.17. The van der Waals surface area contributed by atoms with Crippen LogP contribution in [0.25, 0.3) is 11.1 Å². The highest BCUT2D eigenvalue weighted by atomic mass is 35.5. The standard InChI is InChI=1S/C11H9ClN4O2/c12-11-15-8(13)7(9(14)16-11)5-3-1-2-4-6(5)10(17)18/h1-4H,(H,17,18)(H4,13,14,15,16). The number of nitrogens with two attached hydrogens (primary N) is 2. The number of aromatic carboxylic acids is 1. The fourth-order valence-electron chi connectivity index (χ4n) is 1.63. The maximum atomic E-state index is 11.1. The molecule has 0 fully saturated rings. The van der Waals surface area contributed by atoms with Crippen molar-refractivity contribution >= 4 is 29.2 Å². The summed E-state index contributed by atoms with van der Waals surface area (Å²) in [4.78, 5) is 18.7. The zero-order valence-corrected chi connectivity index (χ0v) is 9.85. The van der Waals surface area contributed by atoms with Crippen LogP contribution < -0.4 is 11.5 Å². The largest absolute Gasteiger partial charge is 0.478 e. The highest BCUT2D eigenvalue weighted by Crippen LogP contribution is 2.32. The number of carbonyl (C=O) groups is 1. The van der Waals surface area contributed by atoms with E-state index in [1.54, 1.807) is 18.2 Å². The molecule has 0 aliphatic rings. The van der Waals surface area contributed by atoms with Crippen LogP contribution in [0, 0.1) is 0 Å². The van der Waals surface area contributed by atoms with E-state index in [0.29, 0.717) is 5.56 Å². The summed E-state index contributed by atoms with van der Waals surface area (Å²) < 4.78 is 0. The van der Waals surface area contributed by atoms with Crippen LogP contribution in [0.2, 0.25) is 5.28 Å². The summed E-state index contributed by atoms with van der Waals surface area (Å²) in [6, 6.07) is 6.32. The Kier molecular flexibility index (Phi) is 3.03. The molecular weight excluding hydrogens is 256 g/mol. The zero-order valence-electron chi connectivity index (χ0n) is 9.09. The van der Waals surface area contributed by atoms with Crippen molar-refractivity contribution in [3.05, 3.63) is 35.1 Å². The molecule has 0 bridgehead atoms. The Labute approximate surface area is 107 Å². The Morgan fingerprint density at radius 3 is 2.28 bits per heavy atom. The van der Waals surface area contributed by atoms with Gasteiger partial charge in [-0.15, -0.1) is 0 Å². The molecular formula is C11H9ClN4O2. The lowest BCUT2D eigenvalue weighted by Gasteiger charge is -2.10. The van der Waals surface area contributed by atoms with Crippen molar-refractivity contribution in [2.75, 3.05) is 11.5 Å². The van der Waals surface area contributed by atoms with Crippen molar-refractivity contribution in [3.8, 4) is 11.1 Å². The molecule has 1 aromatic heterocycles. The number of aromatic nitrogens is 2. The summed E-state index contributed by atoms with van der Waals surface area (Å²) in [6.45, 7) is 0. The lowest BCUT2D eigenvalue weighted by atomic mass is 10.0. The summed E-state index contributed by atoms with van der Waals surface area (Å²) in [5.74, 6) is -0.998. The fourth-order valence-corrected chi connectivity index (χ4v) is 1.81. The first-order valence-corrected chi connectivity index (χ1v) is 5.29. The number of carboxylic acids is 1. The van der Waals surface area contributed by atoms with Crippen LogP contribution in [-0.4, -0.2) is 21.0 Å². The molecule has 0 saturated carbocycles. The van der Waals surface area contributed by atoms with Crippen LogP contribution >= 0.6 is 11.6 Å². The molecule has 1 heterocycles. The predicted molar refractivity (Wildman–Crippen MR) is 68.3 cm³/mol. The number of anilines is 2. The predicted octanol–water partition coefficient (Wildman–Crippen LogP) is 1.66. The Bertz CT molecular complexity index is 607. The van der Waals surface area contributed by atoms with Gasteiger partial charge in [0.1, 0.15) is 11.6 Å². The third-order valence-electron chi connectivity index (χ3n) is 2.36. The van der Waals surface area contributed by atoms with Crippen molar-refractivity contribution in [1.82, 2.24) is 9.97 Å². The number of nitrogens with zero attached hydrogens (tertiary/aromatic N) is 2. The van der Waals surface area contributed by atoms with E-state index in [0.717, 1.165) is 0 Å². The van der Waals surface area contributed by atoms with Crippen LogP contribution in [0.15, 0.2) is 24.3 Å². The molecule has 1 aromatic carbocycles. The first-order chi connectivity index (χ1) is 8.50. The van der Waals surface area contributed by atoms with Gasteiger partial charge >= 0.3 is 5.97 Å². The van der Waals surface area contributed by atoms with E-state index in [1.807, 2.05) is 0 Å². The number of hydrogen-bond donors (Lipinski definition) is 3. The summed E-state index contributed by atoms with van der Waals surface area (Å²) in [6.07, 6.45) is 0. The zero-order chi connectivity index (χ0) is 13.3. The van der Waals surface area contributed by atoms with E-state index in [-0.39, 0.29) is 28.0 Å². The summed E-state index contributed by atoms with van der Waals surface area (Å²) in [5, 5.41) is 9.03. The van der Waals surface area contributed by atoms with Gasteiger partial charge in [-0.25, -0.2) is 14.8 Å². The van der Waals surface area contributed by atoms with Gasteiger partial charge in [-0.2, -0.15) is 0 Å². The topological polar surface area (TPSA) is 115 Å². The Morgan fingerprint density at radius 1 is 1.17 bits per heavy atom. The quantitative estimate of drug-likeness (QED) is 0.711. The van der Waals surface area contributed by atoms with Gasteiger partial charge in [0, 0.05) is 5.56 Å². The van der Waals surface area contributed by atoms with E-state index in [4.69, 9.17) is 28.2 Å². The molecule has 92 valence electrons. The van der Waals surface area contributed by atoms with Crippen molar-refractivity contribution in [1.29, 1.82) is 0 Å². The molecule has 2 aromatic rings. The lowest BCUT2D eigenvalue weighted by molar-refractivity contribution is 0.0698. The molecule has 0 amide bonds. The van der Waals surface area contributed by atoms with Crippen LogP contribution in [0.1, 0.15) is 10.4 Å². The monoisotopic (exact) mass is 264 g/mol. The minimum Gasteiger partial charge on any atom is -0.478 e. The number of hydrogen-bond acceptors (Lipinski definition) is 5. The van der Waals surface area contributed by atoms with Crippen LogP contribution in [0.3, 0.4) is 0 Å². The molecule has 18 heavy (non-hydrogen) atoms. The second kappa shape index (κ2) is 4.50. The second-order valence-electron chi connectivity index (χ2n) is 3.49. The summed E-state index contributed by atoms with van der Waals surface area (Å²) >= 11 is 5.61. The second-order valence-corrected chi connectivity index (χ2v) is 3.83. The third-order valence-corrected chi connectivity index (χ3v) is 2.53. The first-order valence-electron chi connectivity index (χ1n) is 4.92. The molecule has 0 radical (unpaired) electrons. The van der Waals surface area contributed by atoms with Crippen LogP contribution in [-0.2, 0) is 0 Å². The maximum absolute atomic E-state index is 11.1. The Balaban J connectivity index is 2.74. The van der Waals surface area contributed by atoms with E-state index in [9.17, 15) is 4.79 Å². The number of nitrogen functional groups attached to an aromatic ring is 2. The van der Waals surface area contributed by atoms with Crippen molar-refractivity contribution in [3.63, 3.8) is 0 Å². The average molecular weight is 265 g/mol. The van der Waals surface area contributed by atoms with Crippen molar-refractivity contribution in [2.24, 2.45) is 0 Å². The fraction of sp³-hybridized carbons (Fsp3) is 0. The minimum atomic E-state index is -1.08. The molecule has 6 nitrogen and oxygen atoms in total. The molecule has 0 unspecified atom stereocenters. The van der Waals surface area contributed by atoms with Gasteiger partial charge in [0.25, 0.3) is 0 Å². The van der Waals surface area contributed by atoms with Gasteiger partial charge in [-0.05, 0) is 17.7 Å². The van der Waals surface area contributed by atoms with Crippen LogP contribution in [0.4, 0.5) is 11.6 Å². The van der Waals surface area contributed by atoms with Gasteiger partial charge in [0.2, 0.25) is 5.28 Å². The molecule has 7 heteroatoms. The van der Waals surface area contributed by atoms with Gasteiger partial charge in [-0.3, -0.25) is 0 Å². The maximum Gasteiger partial charge on any atom is 0.336 e. The van der Waals surface area contributed by atoms with E-state index in [2.05, 4.69) is 9.97 Å². The SMILES string of the molecule is Nc1nc(Cl)nc(N)c1-c1ccccc1C(=O)O. The number of carboxylic acid groups (broad SMARTS) is 1. The smallest absolute Gasteiger partial charge is 0.336 e. The molecule has 0 spiro atoms. The number of rotatable bonds is 2. The molecule has 2 rings (SSSR count). The molecule has 0 aliphatic heterocycles. The average Bonchev–Trinajstić information content (AvgIpc) is 2.28. The normalized spacial score (nSPS) is 10.3. The molecule has 0 aliphatic carbocycles. The minimum absolute atomic E-state index is 0.0428. The van der Waals surface area contributed by atoms with Crippen molar-refractivity contribution < 1.29 is 9.90 Å². The van der Waals surface area contributed by atoms with Gasteiger partial charge < -0.3 is 16.6 Å². The number of halogens is 1. The van der Waals surface area contributed by atoms with Crippen LogP contribution in [0.5, 0.6) is 0 Å². The Hall–Kier alpha value is -2.34. The van der Waals surface area contributed by atoms with E-state index < -0.39 is 5.97 Å². The molecule has 5 N–H and O–H groups in total. The highest BCUT2D eigenvalue weighted by molar-refractivity contribution is 6.28. The number of benzene rings is 1. The summed E-state index contributed by atoms with van der Waals surface area (Å²) in [5.41, 5.74) is 12.1. The third kappa shape index (κ3) is 2.05. The Morgan fingerprint density at radius 2 is 1.72 bits per heavy atom. The van der Waals surface area contributed by atoms with Gasteiger partial charge in [0.05, 0.1) is 11.1 Å². The molecule has 0 saturated heterocycles. The van der Waals surface area contributed by atoms with Crippen molar-refractivity contribution in [2.45, 2.75) is 0 Å². The van der Waals surface area contributed by atoms with E-state index >= 15 is 0 Å². The lowest BCUT2D eigenvalue weighted by Crippen LogP contribution is -2.06. The van der Waals surface area contributed by atoms with Gasteiger partial charge in [-0.1, -0.05) is 18.2 Å².